The Bertz CT molecular complexity index is 424. The fourth-order valence-electron chi connectivity index (χ4n) is 2.78. The van der Waals surface area contributed by atoms with Crippen molar-refractivity contribution in [3.8, 4) is 5.75 Å². The predicted molar refractivity (Wildman–Crippen MR) is 58.6 cm³/mol. The molecule has 0 bridgehead atoms. The van der Waals surface area contributed by atoms with Gasteiger partial charge < -0.3 is 4.74 Å². The third-order valence-corrected chi connectivity index (χ3v) is 3.16. The first kappa shape index (κ1) is 11.4. The quantitative estimate of drug-likeness (QED) is 0.706. The fraction of sp³-hybridized carbons (Fsp3) is 0.538. The van der Waals surface area contributed by atoms with Crippen LogP contribution in [-0.2, 0) is 0 Å². The number of hydrogen-bond donors (Lipinski definition) is 0. The van der Waals surface area contributed by atoms with Crippen molar-refractivity contribution in [2.24, 2.45) is 5.92 Å². The van der Waals surface area contributed by atoms with Gasteiger partial charge in [-0.1, -0.05) is 13.8 Å². The predicted octanol–water partition coefficient (Wildman–Crippen LogP) is 3.88. The van der Waals surface area contributed by atoms with E-state index in [9.17, 15) is 8.78 Å². The number of rotatable bonds is 1. The first-order chi connectivity index (χ1) is 7.33. The van der Waals surface area contributed by atoms with E-state index in [2.05, 4.69) is 0 Å². The zero-order valence-electron chi connectivity index (χ0n) is 9.97. The number of benzene rings is 1. The Kier molecular flexibility index (Phi) is 2.44. The topological polar surface area (TPSA) is 9.23 Å². The lowest BCUT2D eigenvalue weighted by atomic mass is 9.79. The molecule has 0 fully saturated rings. The van der Waals surface area contributed by atoms with E-state index >= 15 is 0 Å². The molecular formula is C13H16F2O. The summed E-state index contributed by atoms with van der Waals surface area (Å²) < 4.78 is 32.5. The maximum absolute atomic E-state index is 13.8. The lowest BCUT2D eigenvalue weighted by molar-refractivity contribution is 0.0917. The number of ether oxygens (including phenoxy) is 1. The van der Waals surface area contributed by atoms with Crippen molar-refractivity contribution in [3.63, 3.8) is 0 Å². The number of fused-ring (bicyclic) bond motifs is 1. The van der Waals surface area contributed by atoms with Crippen molar-refractivity contribution in [1.29, 1.82) is 0 Å². The molecular weight excluding hydrogens is 210 g/mol. The summed E-state index contributed by atoms with van der Waals surface area (Å²) in [5.74, 6) is -0.531. The molecule has 1 nitrogen and oxygen atoms in total. The van der Waals surface area contributed by atoms with Crippen molar-refractivity contribution in [2.45, 2.75) is 39.2 Å². The van der Waals surface area contributed by atoms with Gasteiger partial charge in [0.15, 0.2) is 0 Å². The van der Waals surface area contributed by atoms with Gasteiger partial charge in [0.2, 0.25) is 0 Å². The van der Waals surface area contributed by atoms with Crippen LogP contribution in [0.4, 0.5) is 8.78 Å². The van der Waals surface area contributed by atoms with Crippen LogP contribution in [0.5, 0.6) is 5.75 Å². The Morgan fingerprint density at radius 3 is 2.44 bits per heavy atom. The monoisotopic (exact) mass is 226 g/mol. The molecule has 0 aromatic heterocycles. The van der Waals surface area contributed by atoms with Gasteiger partial charge in [-0.25, -0.2) is 8.78 Å². The molecule has 0 saturated heterocycles. The second-order valence-electron chi connectivity index (χ2n) is 5.23. The highest BCUT2D eigenvalue weighted by atomic mass is 19.1. The smallest absolute Gasteiger partial charge is 0.133 e. The molecule has 1 aromatic rings. The summed E-state index contributed by atoms with van der Waals surface area (Å²) in [4.78, 5) is 0. The molecule has 1 aromatic carbocycles. The van der Waals surface area contributed by atoms with E-state index < -0.39 is 17.2 Å². The van der Waals surface area contributed by atoms with Crippen LogP contribution in [0, 0.1) is 17.6 Å². The van der Waals surface area contributed by atoms with Gasteiger partial charge in [-0.3, -0.25) is 0 Å². The van der Waals surface area contributed by atoms with Crippen LogP contribution < -0.4 is 4.74 Å². The lowest BCUT2D eigenvalue weighted by Gasteiger charge is -2.29. The van der Waals surface area contributed by atoms with Gasteiger partial charge in [0, 0.05) is 23.6 Å². The van der Waals surface area contributed by atoms with E-state index in [0.29, 0.717) is 11.3 Å². The highest BCUT2D eigenvalue weighted by Crippen LogP contribution is 2.49. The normalized spacial score (nSPS) is 22.1. The molecule has 0 saturated carbocycles. The Balaban J connectivity index is 2.60. The summed E-state index contributed by atoms with van der Waals surface area (Å²) in [5.41, 5.74) is 0.0342. The minimum Gasteiger partial charge on any atom is -0.487 e. The second-order valence-corrected chi connectivity index (χ2v) is 5.23. The van der Waals surface area contributed by atoms with Crippen LogP contribution in [0.1, 0.15) is 39.2 Å². The highest BCUT2D eigenvalue weighted by Gasteiger charge is 2.44. The van der Waals surface area contributed by atoms with Gasteiger partial charge in [-0.05, 0) is 19.8 Å². The van der Waals surface area contributed by atoms with Crippen molar-refractivity contribution in [3.05, 3.63) is 29.3 Å². The van der Waals surface area contributed by atoms with Gasteiger partial charge in [-0.15, -0.1) is 0 Å². The molecule has 2 rings (SSSR count). The maximum Gasteiger partial charge on any atom is 0.133 e. The van der Waals surface area contributed by atoms with Crippen LogP contribution in [0.2, 0.25) is 0 Å². The van der Waals surface area contributed by atoms with Crippen molar-refractivity contribution in [1.82, 2.24) is 0 Å². The summed E-state index contributed by atoms with van der Waals surface area (Å²) in [6.45, 7) is 7.87. The van der Waals surface area contributed by atoms with E-state index in [4.69, 9.17) is 4.74 Å². The minimum atomic E-state index is -0.587. The van der Waals surface area contributed by atoms with E-state index in [-0.39, 0.29) is 11.8 Å². The van der Waals surface area contributed by atoms with Gasteiger partial charge in [0.05, 0.1) is 0 Å². The third kappa shape index (κ3) is 1.58. The van der Waals surface area contributed by atoms with Gasteiger partial charge in [0.25, 0.3) is 0 Å². The minimum absolute atomic E-state index is 0.0388. The van der Waals surface area contributed by atoms with E-state index in [1.54, 1.807) is 0 Å². The van der Waals surface area contributed by atoms with Crippen LogP contribution >= 0.6 is 0 Å². The Morgan fingerprint density at radius 2 is 1.88 bits per heavy atom. The average Bonchev–Trinajstić information content (AvgIpc) is 2.34. The number of halogens is 2. The summed E-state index contributed by atoms with van der Waals surface area (Å²) in [6, 6.07) is 2.20. The summed E-state index contributed by atoms with van der Waals surface area (Å²) in [6.07, 6.45) is 0. The summed E-state index contributed by atoms with van der Waals surface area (Å²) >= 11 is 0. The maximum atomic E-state index is 13.8. The number of hydrogen-bond acceptors (Lipinski definition) is 1. The standard InChI is InChI=1S/C13H16F2O/c1-7(2)12-11-9(15)5-8(14)6-10(11)16-13(12,3)4/h5-7,12H,1-4H3. The first-order valence-corrected chi connectivity index (χ1v) is 5.51. The Hall–Kier alpha value is -1.12. The van der Waals surface area contributed by atoms with Gasteiger partial charge in [-0.2, -0.15) is 0 Å². The first-order valence-electron chi connectivity index (χ1n) is 5.51. The molecule has 0 aliphatic carbocycles. The molecule has 1 aliphatic heterocycles. The van der Waals surface area contributed by atoms with Gasteiger partial charge >= 0.3 is 0 Å². The zero-order chi connectivity index (χ0) is 12.1. The molecule has 0 radical (unpaired) electrons. The second kappa shape index (κ2) is 3.44. The molecule has 16 heavy (non-hydrogen) atoms. The van der Waals surface area contributed by atoms with Crippen LogP contribution in [0.3, 0.4) is 0 Å². The molecule has 88 valence electrons. The lowest BCUT2D eigenvalue weighted by Crippen LogP contribution is -2.33. The Morgan fingerprint density at radius 1 is 1.25 bits per heavy atom. The highest BCUT2D eigenvalue weighted by molar-refractivity contribution is 5.44. The fourth-order valence-corrected chi connectivity index (χ4v) is 2.78. The van der Waals surface area contributed by atoms with Gasteiger partial charge in [0.1, 0.15) is 23.0 Å². The van der Waals surface area contributed by atoms with Crippen molar-refractivity contribution in [2.75, 3.05) is 0 Å². The van der Waals surface area contributed by atoms with E-state index in [1.807, 2.05) is 27.7 Å². The van der Waals surface area contributed by atoms with E-state index in [0.717, 1.165) is 6.07 Å². The molecule has 0 N–H and O–H groups in total. The summed E-state index contributed by atoms with van der Waals surface area (Å²) in [5, 5.41) is 0. The molecule has 1 aliphatic rings. The van der Waals surface area contributed by atoms with Crippen LogP contribution in [0.25, 0.3) is 0 Å². The zero-order valence-corrected chi connectivity index (χ0v) is 9.97. The average molecular weight is 226 g/mol. The summed E-state index contributed by atoms with van der Waals surface area (Å²) in [7, 11) is 0. The van der Waals surface area contributed by atoms with Crippen LogP contribution in [-0.4, -0.2) is 5.60 Å². The third-order valence-electron chi connectivity index (χ3n) is 3.16. The van der Waals surface area contributed by atoms with Crippen molar-refractivity contribution < 1.29 is 13.5 Å². The Labute approximate surface area is 94.4 Å². The molecule has 0 spiro atoms. The molecule has 1 heterocycles. The molecule has 0 amide bonds. The SMILES string of the molecule is CC(C)C1c2c(F)cc(F)cc2OC1(C)C. The molecule has 1 atom stereocenters. The molecule has 1 unspecified atom stereocenters. The van der Waals surface area contributed by atoms with E-state index in [1.165, 1.54) is 6.07 Å². The largest absolute Gasteiger partial charge is 0.487 e. The van der Waals surface area contributed by atoms with Crippen LogP contribution in [0.15, 0.2) is 12.1 Å². The molecule has 3 heteroatoms. The van der Waals surface area contributed by atoms with Crippen molar-refractivity contribution >= 4 is 0 Å².